The van der Waals surface area contributed by atoms with Crippen LogP contribution in [0.1, 0.15) is 52.1 Å². The van der Waals surface area contributed by atoms with Crippen LogP contribution in [0.2, 0.25) is 5.02 Å². The summed E-state index contributed by atoms with van der Waals surface area (Å²) in [5, 5.41) is 24.7. The molecule has 0 bridgehead atoms. The highest BCUT2D eigenvalue weighted by Gasteiger charge is 2.32. The van der Waals surface area contributed by atoms with Gasteiger partial charge in [0.05, 0.1) is 12.1 Å². The summed E-state index contributed by atoms with van der Waals surface area (Å²) in [5.74, 6) is 0.0358. The predicted octanol–water partition coefficient (Wildman–Crippen LogP) is 3.13. The van der Waals surface area contributed by atoms with Gasteiger partial charge < -0.3 is 16.6 Å². The molecule has 0 aliphatic heterocycles. The molecule has 1 heterocycles. The number of halogens is 2. The van der Waals surface area contributed by atoms with Crippen LogP contribution in [0.3, 0.4) is 0 Å². The van der Waals surface area contributed by atoms with Gasteiger partial charge in [0.1, 0.15) is 12.7 Å². The summed E-state index contributed by atoms with van der Waals surface area (Å²) in [5.41, 5.74) is 11.2. The maximum absolute atomic E-state index is 10.6. The zero-order valence-corrected chi connectivity index (χ0v) is 20.7. The van der Waals surface area contributed by atoms with Crippen LogP contribution in [-0.4, -0.2) is 44.4 Å². The standard InChI is InChI=1S/C15H20ClN3O.C6H15N5.ClH/c1-15(2,3)14(20)13(19-10-17-9-18-19)8-11-4-6-12(16)7-5-11;1-2-3-4-10-6(9)11-5(7)8;/h4-7,9-10,13-14,20H,8H2,1-3H3;2-4H2,1H3,(H6,7,8,9,10,11);1H/t13-,14+;;/m0../s1. The Labute approximate surface area is 201 Å². The van der Waals surface area contributed by atoms with Gasteiger partial charge in [-0.3, -0.25) is 15.7 Å². The van der Waals surface area contributed by atoms with Crippen LogP contribution in [0.25, 0.3) is 0 Å². The summed E-state index contributed by atoms with van der Waals surface area (Å²) >= 11 is 5.91. The van der Waals surface area contributed by atoms with E-state index in [9.17, 15) is 5.11 Å². The van der Waals surface area contributed by atoms with Crippen molar-refractivity contribution >= 4 is 35.9 Å². The molecular formula is C21H36Cl2N8O. The molecule has 0 amide bonds. The third-order valence-electron chi connectivity index (χ3n) is 4.44. The van der Waals surface area contributed by atoms with Crippen molar-refractivity contribution in [3.63, 3.8) is 0 Å². The van der Waals surface area contributed by atoms with Crippen molar-refractivity contribution in [1.29, 1.82) is 5.41 Å². The Bertz CT molecular complexity index is 804. The number of nitrogens with two attached hydrogens (primary N) is 2. The molecule has 11 heteroatoms. The second-order valence-corrected chi connectivity index (χ2v) is 8.68. The molecule has 32 heavy (non-hydrogen) atoms. The fraction of sp³-hybridized carbons (Fsp3) is 0.524. The van der Waals surface area contributed by atoms with Gasteiger partial charge in [0, 0.05) is 11.6 Å². The van der Waals surface area contributed by atoms with Crippen molar-refractivity contribution in [2.24, 2.45) is 21.9 Å². The van der Waals surface area contributed by atoms with Crippen molar-refractivity contribution in [2.45, 2.75) is 59.1 Å². The Morgan fingerprint density at radius 3 is 2.38 bits per heavy atom. The van der Waals surface area contributed by atoms with Crippen molar-refractivity contribution in [3.8, 4) is 0 Å². The van der Waals surface area contributed by atoms with Gasteiger partial charge in [-0.2, -0.15) is 5.10 Å². The molecule has 2 rings (SSSR count). The fourth-order valence-electron chi connectivity index (χ4n) is 2.71. The molecule has 0 aliphatic rings. The van der Waals surface area contributed by atoms with E-state index in [0.29, 0.717) is 18.0 Å². The van der Waals surface area contributed by atoms with E-state index in [1.165, 1.54) is 6.33 Å². The Kier molecular flexibility index (Phi) is 13.6. The molecule has 1 aromatic carbocycles. The lowest BCUT2D eigenvalue weighted by Gasteiger charge is -2.33. The van der Waals surface area contributed by atoms with E-state index >= 15 is 0 Å². The van der Waals surface area contributed by atoms with Gasteiger partial charge in [0.2, 0.25) is 0 Å². The maximum Gasteiger partial charge on any atom is 0.195 e. The number of benzene rings is 1. The lowest BCUT2D eigenvalue weighted by molar-refractivity contribution is 0.0124. The highest BCUT2D eigenvalue weighted by atomic mass is 35.5. The Balaban J connectivity index is 0.000000690. The molecule has 0 fully saturated rings. The smallest absolute Gasteiger partial charge is 0.195 e. The average Bonchev–Trinajstić information content (AvgIpc) is 3.21. The summed E-state index contributed by atoms with van der Waals surface area (Å²) in [6.45, 7) is 8.81. The first-order chi connectivity index (χ1) is 14.5. The molecule has 180 valence electrons. The molecule has 0 saturated heterocycles. The number of aliphatic imine (C=N–C) groups is 1. The molecule has 1 aromatic heterocycles. The molecule has 0 spiro atoms. The molecule has 0 radical (unpaired) electrons. The largest absolute Gasteiger partial charge is 0.390 e. The van der Waals surface area contributed by atoms with Crippen molar-refractivity contribution in [3.05, 3.63) is 47.5 Å². The summed E-state index contributed by atoms with van der Waals surface area (Å²) in [6, 6.07) is 7.51. The topological polar surface area (TPSA) is 151 Å². The number of guanidine groups is 2. The molecule has 7 N–H and O–H groups in total. The van der Waals surface area contributed by atoms with Gasteiger partial charge in [-0.15, -0.1) is 12.4 Å². The Hall–Kier alpha value is -2.36. The summed E-state index contributed by atoms with van der Waals surface area (Å²) < 4.78 is 1.73. The number of nitrogens with one attached hydrogen (secondary N) is 2. The van der Waals surface area contributed by atoms with Gasteiger partial charge >= 0.3 is 0 Å². The molecule has 0 saturated carbocycles. The van der Waals surface area contributed by atoms with E-state index < -0.39 is 6.10 Å². The first-order valence-corrected chi connectivity index (χ1v) is 10.6. The fourth-order valence-corrected chi connectivity index (χ4v) is 2.84. The van der Waals surface area contributed by atoms with Crippen LogP contribution in [0, 0.1) is 10.8 Å². The van der Waals surface area contributed by atoms with Crippen LogP contribution >= 0.6 is 24.0 Å². The van der Waals surface area contributed by atoms with Crippen LogP contribution in [0.4, 0.5) is 0 Å². The van der Waals surface area contributed by atoms with Crippen LogP contribution in [0.15, 0.2) is 41.9 Å². The third kappa shape index (κ3) is 11.3. The minimum Gasteiger partial charge on any atom is -0.390 e. The minimum atomic E-state index is -0.528. The number of hydrogen-bond donors (Lipinski definition) is 5. The molecule has 2 aromatic rings. The second-order valence-electron chi connectivity index (χ2n) is 8.24. The molecule has 0 aliphatic carbocycles. The number of hydrogen-bond acceptors (Lipinski definition) is 5. The van der Waals surface area contributed by atoms with Crippen molar-refractivity contribution in [1.82, 2.24) is 20.1 Å². The molecule has 9 nitrogen and oxygen atoms in total. The van der Waals surface area contributed by atoms with Crippen LogP contribution in [0.5, 0.6) is 0 Å². The summed E-state index contributed by atoms with van der Waals surface area (Å²) in [4.78, 5) is 7.90. The van der Waals surface area contributed by atoms with E-state index in [4.69, 9.17) is 28.5 Å². The van der Waals surface area contributed by atoms with E-state index in [1.807, 2.05) is 45.0 Å². The highest BCUT2D eigenvalue weighted by molar-refractivity contribution is 6.30. The summed E-state index contributed by atoms with van der Waals surface area (Å²) in [7, 11) is 0. The lowest BCUT2D eigenvalue weighted by Crippen LogP contribution is -2.40. The number of nitrogens with zero attached hydrogens (tertiary/aromatic N) is 4. The van der Waals surface area contributed by atoms with Gasteiger partial charge in [-0.25, -0.2) is 9.67 Å². The second kappa shape index (κ2) is 14.7. The third-order valence-corrected chi connectivity index (χ3v) is 4.69. The zero-order valence-electron chi connectivity index (χ0n) is 19.1. The maximum atomic E-state index is 10.6. The first kappa shape index (κ1) is 29.6. The number of rotatable bonds is 7. The summed E-state index contributed by atoms with van der Waals surface area (Å²) in [6.07, 6.45) is 5.37. The number of aliphatic hydroxyl groups is 1. The predicted molar refractivity (Wildman–Crippen MR) is 133 cm³/mol. The van der Waals surface area contributed by atoms with E-state index in [1.54, 1.807) is 11.0 Å². The average molecular weight is 487 g/mol. The minimum absolute atomic E-state index is 0. The van der Waals surface area contributed by atoms with Gasteiger partial charge in [0.25, 0.3) is 0 Å². The normalized spacial score (nSPS) is 13.2. The molecule has 2 atom stereocenters. The van der Waals surface area contributed by atoms with Gasteiger partial charge in [-0.05, 0) is 36.0 Å². The van der Waals surface area contributed by atoms with E-state index in [2.05, 4.69) is 27.3 Å². The van der Waals surface area contributed by atoms with Crippen LogP contribution in [-0.2, 0) is 6.42 Å². The molecule has 0 unspecified atom stereocenters. The van der Waals surface area contributed by atoms with Gasteiger partial charge in [-0.1, -0.05) is 57.8 Å². The zero-order chi connectivity index (χ0) is 23.4. The SMILES string of the molecule is CC(C)(C)[C@H](O)[C@H](Cc1ccc(Cl)cc1)n1cncn1.CCCCN=C(N)NC(=N)N.Cl. The lowest BCUT2D eigenvalue weighted by atomic mass is 9.82. The number of aliphatic hydroxyl groups excluding tert-OH is 1. The van der Waals surface area contributed by atoms with Crippen molar-refractivity contribution in [2.75, 3.05) is 6.54 Å². The Morgan fingerprint density at radius 1 is 1.28 bits per heavy atom. The first-order valence-electron chi connectivity index (χ1n) is 10.2. The van der Waals surface area contributed by atoms with Crippen molar-refractivity contribution < 1.29 is 5.11 Å². The Morgan fingerprint density at radius 2 is 1.91 bits per heavy atom. The molecular weight excluding hydrogens is 451 g/mol. The highest BCUT2D eigenvalue weighted by Crippen LogP contribution is 2.30. The van der Waals surface area contributed by atoms with E-state index in [0.717, 1.165) is 18.4 Å². The number of aromatic nitrogens is 3. The quantitative estimate of drug-likeness (QED) is 0.230. The monoisotopic (exact) mass is 486 g/mol. The van der Waals surface area contributed by atoms with Gasteiger partial charge in [0.15, 0.2) is 11.9 Å². The van der Waals surface area contributed by atoms with E-state index in [-0.39, 0.29) is 35.8 Å². The number of unbranched alkanes of at least 4 members (excludes halogenated alkanes) is 1. The van der Waals surface area contributed by atoms with Crippen LogP contribution < -0.4 is 16.8 Å².